The fourth-order valence-corrected chi connectivity index (χ4v) is 3.37. The molecule has 0 radical (unpaired) electrons. The normalized spacial score (nSPS) is 13.1. The van der Waals surface area contributed by atoms with Gasteiger partial charge >= 0.3 is 5.91 Å². The highest BCUT2D eigenvalue weighted by molar-refractivity contribution is 5.78. The molecule has 35 heavy (non-hydrogen) atoms. The first-order valence-electron chi connectivity index (χ1n) is 12.2. The van der Waals surface area contributed by atoms with E-state index in [1.165, 1.54) is 24.0 Å². The number of nitrogens with zero attached hydrogens (tertiary/aromatic N) is 2. The number of rotatable bonds is 16. The Labute approximate surface area is 211 Å². The van der Waals surface area contributed by atoms with E-state index >= 15 is 0 Å². The largest absolute Gasteiger partial charge is 0.484 e. The number of hydrogen-bond acceptors (Lipinski definition) is 4. The Morgan fingerprint density at radius 2 is 1.57 bits per heavy atom. The van der Waals surface area contributed by atoms with Crippen molar-refractivity contribution in [2.75, 3.05) is 19.7 Å². The molecule has 0 unspecified atom stereocenters. The minimum absolute atomic E-state index is 0.342. The van der Waals surface area contributed by atoms with Crippen molar-refractivity contribution in [1.29, 1.82) is 0 Å². The van der Waals surface area contributed by atoms with Crippen molar-refractivity contribution in [2.24, 2.45) is 5.18 Å². The molecular weight excluding hydrogens is 436 g/mol. The van der Waals surface area contributed by atoms with Crippen molar-refractivity contribution >= 4 is 5.91 Å². The maximum Gasteiger partial charge on any atom is 0.323 e. The van der Waals surface area contributed by atoms with Crippen molar-refractivity contribution in [3.63, 3.8) is 0 Å². The van der Waals surface area contributed by atoms with E-state index in [4.69, 9.17) is 4.74 Å². The molecule has 0 bridgehead atoms. The van der Waals surface area contributed by atoms with Gasteiger partial charge in [-0.05, 0) is 62.1 Å². The zero-order chi connectivity index (χ0) is 26.1. The molecule has 0 aliphatic carbocycles. The lowest BCUT2D eigenvalue weighted by atomic mass is 10.0. The van der Waals surface area contributed by atoms with Crippen LogP contribution in [0.1, 0.15) is 52.5 Å². The lowest BCUT2D eigenvalue weighted by molar-refractivity contribution is -0.119. The van der Waals surface area contributed by atoms with Gasteiger partial charge in [-0.15, -0.1) is 4.91 Å². The van der Waals surface area contributed by atoms with E-state index in [0.29, 0.717) is 5.75 Å². The van der Waals surface area contributed by atoms with Gasteiger partial charge in [-0.3, -0.25) is 9.69 Å². The maximum absolute atomic E-state index is 11.0. The van der Waals surface area contributed by atoms with Crippen molar-refractivity contribution in [1.82, 2.24) is 4.90 Å². The molecule has 188 valence electrons. The van der Waals surface area contributed by atoms with Crippen LogP contribution in [0.25, 0.3) is 0 Å². The van der Waals surface area contributed by atoms with Gasteiger partial charge in [0.15, 0.2) is 6.61 Å². The lowest BCUT2D eigenvalue weighted by Gasteiger charge is -2.21. The number of unbranched alkanes of at least 4 members (excludes halogenated alkanes) is 1. The van der Waals surface area contributed by atoms with Crippen molar-refractivity contribution in [3.8, 4) is 5.75 Å². The highest BCUT2D eigenvalue weighted by atomic mass is 16.5. The van der Waals surface area contributed by atoms with Crippen LogP contribution in [-0.4, -0.2) is 30.5 Å². The fraction of sp³-hybridized carbons (Fsp3) is 0.367. The Balaban J connectivity index is 2.82. The summed E-state index contributed by atoms with van der Waals surface area (Å²) in [5.74, 6) is -0.287. The predicted octanol–water partition coefficient (Wildman–Crippen LogP) is 7.49. The second kappa shape index (κ2) is 17.2. The average Bonchev–Trinajstić information content (AvgIpc) is 2.88. The molecule has 0 aliphatic heterocycles. The number of ether oxygens (including phenoxy) is 1. The zero-order valence-electron chi connectivity index (χ0n) is 21.8. The van der Waals surface area contributed by atoms with E-state index in [0.717, 1.165) is 42.8 Å². The zero-order valence-corrected chi connectivity index (χ0v) is 21.8. The van der Waals surface area contributed by atoms with Gasteiger partial charge in [0.2, 0.25) is 0 Å². The molecule has 0 N–H and O–H groups in total. The SMILES string of the molecule is C=CC(=C\C=C(/C)CCCC)/C(C=C)=C/C=C(\C)CN(CC)Cc1ccc(OCC(=O)N=O)cc1. The third kappa shape index (κ3) is 12.1. The first-order valence-corrected chi connectivity index (χ1v) is 12.2. The molecular formula is C30H40N2O3. The third-order valence-electron chi connectivity index (χ3n) is 5.51. The second-order valence-corrected chi connectivity index (χ2v) is 8.50. The maximum atomic E-state index is 11.0. The fourth-order valence-electron chi connectivity index (χ4n) is 3.37. The molecule has 1 aromatic rings. The summed E-state index contributed by atoms with van der Waals surface area (Å²) in [6, 6.07) is 7.51. The van der Waals surface area contributed by atoms with E-state index in [1.54, 1.807) is 12.1 Å². The highest BCUT2D eigenvalue weighted by Crippen LogP contribution is 2.17. The van der Waals surface area contributed by atoms with Gasteiger partial charge in [-0.1, -0.05) is 93.2 Å². The Morgan fingerprint density at radius 1 is 0.971 bits per heavy atom. The van der Waals surface area contributed by atoms with E-state index in [-0.39, 0.29) is 6.61 Å². The van der Waals surface area contributed by atoms with Crippen LogP contribution < -0.4 is 4.74 Å². The summed E-state index contributed by atoms with van der Waals surface area (Å²) in [6.45, 7) is 18.8. The highest BCUT2D eigenvalue weighted by Gasteiger charge is 2.06. The van der Waals surface area contributed by atoms with Gasteiger partial charge < -0.3 is 4.74 Å². The van der Waals surface area contributed by atoms with Gasteiger partial charge in [-0.25, -0.2) is 0 Å². The van der Waals surface area contributed by atoms with E-state index in [1.807, 2.05) is 24.3 Å². The molecule has 1 amide bonds. The molecule has 0 saturated heterocycles. The molecule has 0 atom stereocenters. The number of allylic oxidation sites excluding steroid dienone is 9. The van der Waals surface area contributed by atoms with Crippen LogP contribution in [0.5, 0.6) is 5.75 Å². The van der Waals surface area contributed by atoms with E-state index in [2.05, 4.69) is 75.2 Å². The van der Waals surface area contributed by atoms with Crippen LogP contribution in [0.3, 0.4) is 0 Å². The number of hydrogen-bond donors (Lipinski definition) is 0. The van der Waals surface area contributed by atoms with Gasteiger partial charge in [0.1, 0.15) is 5.75 Å². The summed E-state index contributed by atoms with van der Waals surface area (Å²) in [5, 5.41) is 2.32. The predicted molar refractivity (Wildman–Crippen MR) is 147 cm³/mol. The summed E-state index contributed by atoms with van der Waals surface area (Å²) < 4.78 is 5.25. The molecule has 0 saturated carbocycles. The smallest absolute Gasteiger partial charge is 0.323 e. The van der Waals surface area contributed by atoms with E-state index in [9.17, 15) is 9.70 Å². The summed E-state index contributed by atoms with van der Waals surface area (Å²) >= 11 is 0. The van der Waals surface area contributed by atoms with Crippen molar-refractivity contribution in [2.45, 2.75) is 53.5 Å². The molecule has 0 spiro atoms. The molecule has 0 heterocycles. The topological polar surface area (TPSA) is 59.0 Å². The summed E-state index contributed by atoms with van der Waals surface area (Å²) in [6.07, 6.45) is 15.8. The molecule has 1 rings (SSSR count). The van der Waals surface area contributed by atoms with Gasteiger partial charge in [0.05, 0.1) is 0 Å². The summed E-state index contributed by atoms with van der Waals surface area (Å²) in [7, 11) is 0. The number of nitroso groups, excluding NO2 is 1. The van der Waals surface area contributed by atoms with Crippen LogP contribution in [0.4, 0.5) is 0 Å². The third-order valence-corrected chi connectivity index (χ3v) is 5.51. The quantitative estimate of drug-likeness (QED) is 0.183. The number of carbonyl (C=O) groups is 1. The Hall–Kier alpha value is -3.31. The first-order chi connectivity index (χ1) is 16.9. The Bertz CT molecular complexity index is 966. The minimum atomic E-state index is -0.823. The molecule has 1 aromatic carbocycles. The Kier molecular flexibility index (Phi) is 14.6. The van der Waals surface area contributed by atoms with Crippen molar-refractivity contribution < 1.29 is 9.53 Å². The van der Waals surface area contributed by atoms with E-state index < -0.39 is 5.91 Å². The molecule has 5 nitrogen and oxygen atoms in total. The average molecular weight is 477 g/mol. The van der Waals surface area contributed by atoms with Gasteiger partial charge in [0.25, 0.3) is 0 Å². The number of amides is 1. The van der Waals surface area contributed by atoms with Gasteiger partial charge in [-0.2, -0.15) is 0 Å². The summed E-state index contributed by atoms with van der Waals surface area (Å²) in [4.78, 5) is 23.5. The van der Waals surface area contributed by atoms with Crippen molar-refractivity contribution in [3.05, 3.63) is 107 Å². The minimum Gasteiger partial charge on any atom is -0.484 e. The van der Waals surface area contributed by atoms with Crippen LogP contribution in [0.2, 0.25) is 0 Å². The van der Waals surface area contributed by atoms with Crippen LogP contribution >= 0.6 is 0 Å². The molecule has 5 heteroatoms. The summed E-state index contributed by atoms with van der Waals surface area (Å²) in [5.41, 5.74) is 5.84. The lowest BCUT2D eigenvalue weighted by Crippen LogP contribution is -2.24. The second-order valence-electron chi connectivity index (χ2n) is 8.50. The van der Waals surface area contributed by atoms with Crippen LogP contribution in [0, 0.1) is 4.91 Å². The molecule has 0 aliphatic rings. The first kappa shape index (κ1) is 29.7. The Morgan fingerprint density at radius 3 is 2.09 bits per heavy atom. The van der Waals surface area contributed by atoms with Gasteiger partial charge in [0, 0.05) is 18.3 Å². The monoisotopic (exact) mass is 476 g/mol. The standard InChI is InChI=1S/C30H40N2O3/c1-7-11-12-24(5)13-17-27(8-2)28(9-3)18-14-25(6)21-32(10-4)22-26-15-19-29(20-16-26)35-23-30(33)31-34/h8-9,13-20H,2-3,7,10-12,21-23H2,1,4-6H3/b24-13+,25-14+,27-17+,28-18+. The van der Waals surface area contributed by atoms with Crippen LogP contribution in [-0.2, 0) is 11.3 Å². The molecule has 0 aromatic heterocycles. The number of likely N-dealkylation sites (N-methyl/N-ethyl adjacent to an activating group) is 1. The molecule has 0 fully saturated rings. The number of carbonyl (C=O) groups excluding carboxylic acids is 1. The number of benzene rings is 1. The van der Waals surface area contributed by atoms with Crippen LogP contribution in [0.15, 0.2) is 101 Å².